The van der Waals surface area contributed by atoms with Crippen molar-refractivity contribution in [3.05, 3.63) is 0 Å². The SMILES string of the molecule is CCCCCCCCCCCCCCCCOCC(CN(C)C(=O)NC)OP(=O)(O)OCC[N+](C)(C)C. The molecule has 37 heavy (non-hydrogen) atoms. The molecule has 0 saturated heterocycles. The number of urea groups is 1. The molecular formula is C27H59N3O6P+. The Kier molecular flexibility index (Phi) is 21.7. The molecule has 0 radical (unpaired) electrons. The molecule has 0 fully saturated rings. The molecule has 2 unspecified atom stereocenters. The van der Waals surface area contributed by atoms with Gasteiger partial charge in [-0.15, -0.1) is 0 Å². The van der Waals surface area contributed by atoms with Gasteiger partial charge in [-0.05, 0) is 6.42 Å². The van der Waals surface area contributed by atoms with Gasteiger partial charge in [-0.2, -0.15) is 0 Å². The average molecular weight is 553 g/mol. The number of quaternary nitrogens is 1. The van der Waals surface area contributed by atoms with Crippen molar-refractivity contribution in [1.29, 1.82) is 0 Å². The summed E-state index contributed by atoms with van der Waals surface area (Å²) in [6, 6.07) is -0.306. The molecule has 222 valence electrons. The molecule has 0 aromatic carbocycles. The normalized spacial score (nSPS) is 14.4. The maximum Gasteiger partial charge on any atom is 0.472 e. The maximum atomic E-state index is 12.4. The van der Waals surface area contributed by atoms with Crippen LogP contribution in [0.3, 0.4) is 0 Å². The predicted octanol–water partition coefficient (Wildman–Crippen LogP) is 5.96. The van der Waals surface area contributed by atoms with Crippen LogP contribution in [0.25, 0.3) is 0 Å². The van der Waals surface area contributed by atoms with Gasteiger partial charge < -0.3 is 24.3 Å². The summed E-state index contributed by atoms with van der Waals surface area (Å²) < 4.78 is 29.3. The number of carbonyl (C=O) groups is 1. The molecule has 0 spiro atoms. The summed E-state index contributed by atoms with van der Waals surface area (Å²) in [5, 5.41) is 2.53. The van der Waals surface area contributed by atoms with Gasteiger partial charge in [-0.3, -0.25) is 9.05 Å². The van der Waals surface area contributed by atoms with Crippen molar-refractivity contribution in [3.63, 3.8) is 0 Å². The Bertz CT molecular complexity index is 603. The number of phosphoric ester groups is 1. The Morgan fingerprint density at radius 1 is 0.892 bits per heavy atom. The first kappa shape index (κ1) is 36.3. The Hall–Kier alpha value is -0.700. The fourth-order valence-corrected chi connectivity index (χ4v) is 4.84. The summed E-state index contributed by atoms with van der Waals surface area (Å²) in [5.41, 5.74) is 0. The number of carbonyl (C=O) groups excluding carboxylic acids is 1. The Morgan fingerprint density at radius 2 is 1.38 bits per heavy atom. The summed E-state index contributed by atoms with van der Waals surface area (Å²) >= 11 is 0. The number of hydrogen-bond acceptors (Lipinski definition) is 5. The third-order valence-electron chi connectivity index (χ3n) is 6.28. The van der Waals surface area contributed by atoms with Gasteiger partial charge in [0.1, 0.15) is 19.3 Å². The highest BCUT2D eigenvalue weighted by atomic mass is 31.2. The highest BCUT2D eigenvalue weighted by molar-refractivity contribution is 7.47. The van der Waals surface area contributed by atoms with Crippen molar-refractivity contribution < 1.29 is 32.5 Å². The number of ether oxygens (including phenoxy) is 1. The lowest BCUT2D eigenvalue weighted by Crippen LogP contribution is -2.42. The van der Waals surface area contributed by atoms with E-state index < -0.39 is 13.9 Å². The molecule has 0 aliphatic carbocycles. The van der Waals surface area contributed by atoms with Crippen molar-refractivity contribution in [3.8, 4) is 0 Å². The van der Waals surface area contributed by atoms with Gasteiger partial charge in [-0.1, -0.05) is 90.4 Å². The third-order valence-corrected chi connectivity index (χ3v) is 7.36. The van der Waals surface area contributed by atoms with Gasteiger partial charge in [0.15, 0.2) is 0 Å². The van der Waals surface area contributed by atoms with E-state index in [4.69, 9.17) is 13.8 Å². The van der Waals surface area contributed by atoms with Gasteiger partial charge in [-0.25, -0.2) is 9.36 Å². The second kappa shape index (κ2) is 22.2. The molecule has 0 aliphatic rings. The second-order valence-corrected chi connectivity index (χ2v) is 12.6. The molecule has 0 rings (SSSR count). The van der Waals surface area contributed by atoms with Crippen LogP contribution in [0.15, 0.2) is 0 Å². The minimum atomic E-state index is -4.27. The number of phosphoric acid groups is 1. The zero-order valence-electron chi connectivity index (χ0n) is 24.8. The Morgan fingerprint density at radius 3 is 1.84 bits per heavy atom. The van der Waals surface area contributed by atoms with Crippen LogP contribution in [0.5, 0.6) is 0 Å². The van der Waals surface area contributed by atoms with E-state index in [1.807, 2.05) is 21.1 Å². The molecule has 0 aromatic rings. The van der Waals surface area contributed by atoms with Crippen molar-refractivity contribution in [2.75, 3.05) is 68.1 Å². The van der Waals surface area contributed by atoms with Gasteiger partial charge >= 0.3 is 13.9 Å². The van der Waals surface area contributed by atoms with Crippen molar-refractivity contribution in [2.45, 2.75) is 103 Å². The van der Waals surface area contributed by atoms with E-state index >= 15 is 0 Å². The van der Waals surface area contributed by atoms with Crippen LogP contribution in [0.4, 0.5) is 4.79 Å². The quantitative estimate of drug-likeness (QED) is 0.0824. The highest BCUT2D eigenvalue weighted by Crippen LogP contribution is 2.44. The highest BCUT2D eigenvalue weighted by Gasteiger charge is 2.29. The molecule has 0 bridgehead atoms. The topological polar surface area (TPSA) is 97.3 Å². The lowest BCUT2D eigenvalue weighted by molar-refractivity contribution is -0.870. The summed E-state index contributed by atoms with van der Waals surface area (Å²) in [5.74, 6) is 0. The zero-order valence-corrected chi connectivity index (χ0v) is 25.7. The average Bonchev–Trinajstić information content (AvgIpc) is 2.81. The molecular weight excluding hydrogens is 493 g/mol. The summed E-state index contributed by atoms with van der Waals surface area (Å²) in [6.07, 6.45) is 17.4. The van der Waals surface area contributed by atoms with Gasteiger partial charge in [0, 0.05) is 20.7 Å². The lowest BCUT2D eigenvalue weighted by atomic mass is 10.0. The summed E-state index contributed by atoms with van der Waals surface area (Å²) in [4.78, 5) is 23.4. The summed E-state index contributed by atoms with van der Waals surface area (Å²) in [6.45, 7) is 3.70. The van der Waals surface area contributed by atoms with E-state index in [1.54, 1.807) is 7.05 Å². The smallest absolute Gasteiger partial charge is 0.379 e. The van der Waals surface area contributed by atoms with Crippen LogP contribution in [0.2, 0.25) is 0 Å². The molecule has 0 heterocycles. The first-order valence-corrected chi connectivity index (χ1v) is 16.0. The largest absolute Gasteiger partial charge is 0.472 e. The number of nitrogens with one attached hydrogen (secondary N) is 1. The van der Waals surface area contributed by atoms with Crippen LogP contribution in [0, 0.1) is 0 Å². The van der Waals surface area contributed by atoms with E-state index in [0.29, 0.717) is 17.6 Å². The molecule has 2 amide bonds. The minimum Gasteiger partial charge on any atom is -0.379 e. The van der Waals surface area contributed by atoms with E-state index in [1.165, 1.54) is 89.0 Å². The lowest BCUT2D eigenvalue weighted by Gasteiger charge is -2.27. The second-order valence-electron chi connectivity index (χ2n) is 11.1. The first-order valence-electron chi connectivity index (χ1n) is 14.5. The zero-order chi connectivity index (χ0) is 28.0. The Labute approximate surface area is 227 Å². The van der Waals surface area contributed by atoms with Gasteiger partial charge in [0.2, 0.25) is 0 Å². The molecule has 0 saturated carbocycles. The fourth-order valence-electron chi connectivity index (χ4n) is 3.96. The number of amides is 2. The van der Waals surface area contributed by atoms with Crippen LogP contribution in [-0.4, -0.2) is 94.6 Å². The number of unbranched alkanes of at least 4 members (excludes halogenated alkanes) is 13. The third kappa shape index (κ3) is 24.1. The number of hydrogen-bond donors (Lipinski definition) is 2. The first-order chi connectivity index (χ1) is 17.5. The molecule has 9 nitrogen and oxygen atoms in total. The minimum absolute atomic E-state index is 0.0924. The van der Waals surface area contributed by atoms with Crippen LogP contribution in [-0.2, 0) is 18.3 Å². The number of nitrogens with zero attached hydrogens (tertiary/aromatic N) is 2. The van der Waals surface area contributed by atoms with E-state index in [-0.39, 0.29) is 25.8 Å². The van der Waals surface area contributed by atoms with Crippen LogP contribution < -0.4 is 5.32 Å². The standard InChI is InChI=1S/C27H58N3O6P/c1-7-8-9-10-11-12-13-14-15-16-17-18-19-20-22-34-25-26(24-29(3)27(31)28-2)36-37(32,33)35-23-21-30(4,5)6/h26H,7-25H2,1-6H3,(H-,28,31,32,33)/p+1. The Balaban J connectivity index is 4.09. The van der Waals surface area contributed by atoms with E-state index in [0.717, 1.165) is 12.8 Å². The molecule has 0 aliphatic heterocycles. The number of rotatable bonds is 25. The van der Waals surface area contributed by atoms with Crippen LogP contribution in [0.1, 0.15) is 96.8 Å². The maximum absolute atomic E-state index is 12.4. The van der Waals surface area contributed by atoms with Gasteiger partial charge in [0.25, 0.3) is 0 Å². The van der Waals surface area contributed by atoms with Crippen molar-refractivity contribution in [2.24, 2.45) is 0 Å². The molecule has 2 atom stereocenters. The monoisotopic (exact) mass is 552 g/mol. The number of likely N-dealkylation sites (N-methyl/N-ethyl adjacent to an activating group) is 2. The predicted molar refractivity (Wildman–Crippen MR) is 152 cm³/mol. The molecule has 0 aromatic heterocycles. The van der Waals surface area contributed by atoms with E-state index in [9.17, 15) is 14.3 Å². The summed E-state index contributed by atoms with van der Waals surface area (Å²) in [7, 11) is 4.78. The molecule has 2 N–H and O–H groups in total. The van der Waals surface area contributed by atoms with Crippen molar-refractivity contribution in [1.82, 2.24) is 10.2 Å². The van der Waals surface area contributed by atoms with Crippen LogP contribution >= 0.6 is 7.82 Å². The van der Waals surface area contributed by atoms with Gasteiger partial charge in [0.05, 0.1) is 34.3 Å². The molecule has 10 heteroatoms. The van der Waals surface area contributed by atoms with E-state index in [2.05, 4.69) is 12.2 Å². The fraction of sp³-hybridized carbons (Fsp3) is 0.963. The van der Waals surface area contributed by atoms with Crippen molar-refractivity contribution >= 4 is 13.9 Å².